The molecule has 3 heterocycles. The van der Waals surface area contributed by atoms with E-state index in [9.17, 15) is 5.26 Å². The topological polar surface area (TPSA) is 72.3 Å². The largest absolute Gasteiger partial charge is 0.310 e. The molecule has 9 heteroatoms. The third-order valence-electron chi connectivity index (χ3n) is 5.20. The number of nitriles is 1. The summed E-state index contributed by atoms with van der Waals surface area (Å²) in [7, 11) is 0. The van der Waals surface area contributed by atoms with Gasteiger partial charge in [-0.2, -0.15) is 10.4 Å². The van der Waals surface area contributed by atoms with Crippen LogP contribution in [0.15, 0.2) is 18.2 Å². The fourth-order valence-corrected chi connectivity index (χ4v) is 4.38. The molecule has 0 amide bonds. The summed E-state index contributed by atoms with van der Waals surface area (Å²) in [5.74, 6) is 1.51. The van der Waals surface area contributed by atoms with Gasteiger partial charge in [0.2, 0.25) is 0 Å². The predicted octanol–water partition coefficient (Wildman–Crippen LogP) is 5.58. The highest BCUT2D eigenvalue weighted by molar-refractivity contribution is 6.35. The minimum absolute atomic E-state index is 0.395. The highest BCUT2D eigenvalue weighted by atomic mass is 35.5. The van der Waals surface area contributed by atoms with Gasteiger partial charge in [0.05, 0.1) is 17.8 Å². The Bertz CT molecular complexity index is 1170. The van der Waals surface area contributed by atoms with E-state index in [2.05, 4.69) is 21.4 Å². The molecule has 1 aliphatic heterocycles. The van der Waals surface area contributed by atoms with Gasteiger partial charge in [0, 0.05) is 28.6 Å². The second-order valence-corrected chi connectivity index (χ2v) is 8.46. The standard InChI is InChI=1S/C21H19Cl3N6/c1-13-17(20(24)30(28-13)12-14-6-7-16(22)10-18(14)23)9-15(11-25)21-27-26-19-5-3-2-4-8-29(19)21/h6-7,9-10H,2-5,8,12H2,1H3/b15-9+. The van der Waals surface area contributed by atoms with Crippen molar-refractivity contribution in [2.45, 2.75) is 45.7 Å². The Hall–Kier alpha value is -2.33. The summed E-state index contributed by atoms with van der Waals surface area (Å²) < 4.78 is 3.71. The van der Waals surface area contributed by atoms with E-state index in [4.69, 9.17) is 34.8 Å². The minimum Gasteiger partial charge on any atom is -0.310 e. The lowest BCUT2D eigenvalue weighted by Gasteiger charge is -2.07. The minimum atomic E-state index is 0.395. The van der Waals surface area contributed by atoms with Crippen molar-refractivity contribution in [1.82, 2.24) is 24.5 Å². The number of hydrogen-bond donors (Lipinski definition) is 0. The molecular weight excluding hydrogens is 443 g/mol. The molecule has 154 valence electrons. The first-order valence-corrected chi connectivity index (χ1v) is 10.8. The molecule has 0 fully saturated rings. The van der Waals surface area contributed by atoms with E-state index in [1.165, 1.54) is 0 Å². The van der Waals surface area contributed by atoms with Gasteiger partial charge in [0.1, 0.15) is 17.0 Å². The smallest absolute Gasteiger partial charge is 0.174 e. The van der Waals surface area contributed by atoms with E-state index in [1.54, 1.807) is 22.9 Å². The third kappa shape index (κ3) is 4.11. The molecule has 0 bridgehead atoms. The van der Waals surface area contributed by atoms with E-state index in [0.717, 1.165) is 43.6 Å². The van der Waals surface area contributed by atoms with Crippen molar-refractivity contribution < 1.29 is 0 Å². The first-order chi connectivity index (χ1) is 14.5. The summed E-state index contributed by atoms with van der Waals surface area (Å²) in [5.41, 5.74) is 2.67. The monoisotopic (exact) mass is 460 g/mol. The van der Waals surface area contributed by atoms with Crippen LogP contribution >= 0.6 is 34.8 Å². The van der Waals surface area contributed by atoms with Gasteiger partial charge in [-0.3, -0.25) is 0 Å². The third-order valence-corrected chi connectivity index (χ3v) is 6.19. The van der Waals surface area contributed by atoms with Crippen LogP contribution in [0.1, 0.15) is 47.7 Å². The molecule has 30 heavy (non-hydrogen) atoms. The molecule has 3 aromatic rings. The molecule has 1 aliphatic rings. The second kappa shape index (κ2) is 8.81. The van der Waals surface area contributed by atoms with Crippen molar-refractivity contribution in [3.05, 3.63) is 61.9 Å². The molecule has 0 saturated heterocycles. The van der Waals surface area contributed by atoms with E-state index in [1.807, 2.05) is 17.6 Å². The van der Waals surface area contributed by atoms with Crippen molar-refractivity contribution in [2.75, 3.05) is 0 Å². The highest BCUT2D eigenvalue weighted by Gasteiger charge is 2.20. The Kier molecular flexibility index (Phi) is 6.14. The molecule has 0 atom stereocenters. The number of rotatable bonds is 4. The SMILES string of the molecule is Cc1nn(Cc2ccc(Cl)cc2Cl)c(Cl)c1/C=C(\C#N)c1nnc2n1CCCCC2. The Balaban J connectivity index is 1.70. The Labute approximate surface area is 189 Å². The maximum Gasteiger partial charge on any atom is 0.174 e. The molecule has 1 aromatic carbocycles. The zero-order valence-electron chi connectivity index (χ0n) is 16.4. The van der Waals surface area contributed by atoms with Crippen LogP contribution in [-0.2, 0) is 19.5 Å². The molecule has 0 spiro atoms. The van der Waals surface area contributed by atoms with Gasteiger partial charge < -0.3 is 4.57 Å². The van der Waals surface area contributed by atoms with Crippen molar-refractivity contribution in [2.24, 2.45) is 0 Å². The van der Waals surface area contributed by atoms with Gasteiger partial charge in [-0.15, -0.1) is 10.2 Å². The second-order valence-electron chi connectivity index (χ2n) is 7.26. The van der Waals surface area contributed by atoms with Crippen LogP contribution in [0, 0.1) is 18.3 Å². The van der Waals surface area contributed by atoms with Gasteiger partial charge in [-0.05, 0) is 43.5 Å². The van der Waals surface area contributed by atoms with Gasteiger partial charge in [-0.1, -0.05) is 47.3 Å². The van der Waals surface area contributed by atoms with Crippen LogP contribution in [-0.4, -0.2) is 24.5 Å². The van der Waals surface area contributed by atoms with E-state index in [-0.39, 0.29) is 0 Å². The first-order valence-electron chi connectivity index (χ1n) is 9.69. The summed E-state index contributed by atoms with van der Waals surface area (Å²) in [4.78, 5) is 0. The molecule has 0 radical (unpaired) electrons. The maximum atomic E-state index is 9.82. The van der Waals surface area contributed by atoms with Crippen LogP contribution in [0.5, 0.6) is 0 Å². The molecule has 0 saturated carbocycles. The average molecular weight is 462 g/mol. The van der Waals surface area contributed by atoms with Crippen LogP contribution in [0.25, 0.3) is 11.6 Å². The summed E-state index contributed by atoms with van der Waals surface area (Å²) in [6.45, 7) is 3.07. The molecule has 2 aromatic heterocycles. The average Bonchev–Trinajstić information content (AvgIpc) is 3.12. The molecule has 4 rings (SSSR count). The lowest BCUT2D eigenvalue weighted by Crippen LogP contribution is -2.05. The van der Waals surface area contributed by atoms with Gasteiger partial charge in [-0.25, -0.2) is 4.68 Å². The van der Waals surface area contributed by atoms with Crippen molar-refractivity contribution in [3.63, 3.8) is 0 Å². The maximum absolute atomic E-state index is 9.82. The number of benzene rings is 1. The number of nitrogens with zero attached hydrogens (tertiary/aromatic N) is 6. The Morgan fingerprint density at radius 1 is 1.20 bits per heavy atom. The zero-order chi connectivity index (χ0) is 21.3. The fraction of sp³-hybridized carbons (Fsp3) is 0.333. The van der Waals surface area contributed by atoms with Crippen LogP contribution in [0.2, 0.25) is 15.2 Å². The summed E-state index contributed by atoms with van der Waals surface area (Å²) >= 11 is 18.9. The van der Waals surface area contributed by atoms with E-state index < -0.39 is 0 Å². The quantitative estimate of drug-likeness (QED) is 0.475. The lowest BCUT2D eigenvalue weighted by atomic mass is 10.1. The normalized spacial score (nSPS) is 14.3. The molecule has 6 nitrogen and oxygen atoms in total. The Morgan fingerprint density at radius 3 is 2.80 bits per heavy atom. The number of aromatic nitrogens is 5. The van der Waals surface area contributed by atoms with Crippen molar-refractivity contribution in [1.29, 1.82) is 5.26 Å². The van der Waals surface area contributed by atoms with Gasteiger partial charge >= 0.3 is 0 Å². The van der Waals surface area contributed by atoms with E-state index in [0.29, 0.717) is 44.4 Å². The first kappa shape index (κ1) is 20.9. The summed E-state index contributed by atoms with van der Waals surface area (Å²) in [6.07, 6.45) is 5.92. The van der Waals surface area contributed by atoms with Crippen molar-refractivity contribution in [3.8, 4) is 6.07 Å². The molecule has 0 N–H and O–H groups in total. The molecular formula is C21H19Cl3N6. The van der Waals surface area contributed by atoms with Crippen LogP contribution in [0.4, 0.5) is 0 Å². The van der Waals surface area contributed by atoms with Crippen LogP contribution in [0.3, 0.4) is 0 Å². The summed E-state index contributed by atoms with van der Waals surface area (Å²) in [6, 6.07) is 7.57. The summed E-state index contributed by atoms with van der Waals surface area (Å²) in [5, 5.41) is 24.5. The highest BCUT2D eigenvalue weighted by Crippen LogP contribution is 2.29. The van der Waals surface area contributed by atoms with Crippen LogP contribution < -0.4 is 0 Å². The number of hydrogen-bond acceptors (Lipinski definition) is 4. The number of aryl methyl sites for hydroxylation is 2. The Morgan fingerprint density at radius 2 is 2.03 bits per heavy atom. The van der Waals surface area contributed by atoms with Gasteiger partial charge in [0.15, 0.2) is 5.82 Å². The number of allylic oxidation sites excluding steroid dienone is 1. The molecule has 0 aliphatic carbocycles. The van der Waals surface area contributed by atoms with E-state index >= 15 is 0 Å². The predicted molar refractivity (Wildman–Crippen MR) is 119 cm³/mol. The van der Waals surface area contributed by atoms with Crippen molar-refractivity contribution >= 4 is 46.5 Å². The van der Waals surface area contributed by atoms with Gasteiger partial charge in [0.25, 0.3) is 0 Å². The lowest BCUT2D eigenvalue weighted by molar-refractivity contribution is 0.627. The number of halogens is 3. The fourth-order valence-electron chi connectivity index (χ4n) is 3.62. The zero-order valence-corrected chi connectivity index (χ0v) is 18.6. The number of fused-ring (bicyclic) bond motifs is 1. The molecule has 0 unspecified atom stereocenters.